The van der Waals surface area contributed by atoms with Gasteiger partial charge in [-0.2, -0.15) is 0 Å². The standard InChI is InChI=1S/C7H15NO/c1-7(2,4-9)5-3-6(5)8/h5-6,9H,3-4,8H2,1-2H3. The lowest BCUT2D eigenvalue weighted by Gasteiger charge is -2.20. The van der Waals surface area contributed by atoms with E-state index in [2.05, 4.69) is 13.8 Å². The second-order valence-corrected chi connectivity index (χ2v) is 3.65. The molecule has 0 bridgehead atoms. The van der Waals surface area contributed by atoms with E-state index in [4.69, 9.17) is 10.8 Å². The zero-order chi connectivity index (χ0) is 7.07. The van der Waals surface area contributed by atoms with Crippen LogP contribution >= 0.6 is 0 Å². The van der Waals surface area contributed by atoms with Crippen molar-refractivity contribution in [1.82, 2.24) is 0 Å². The second kappa shape index (κ2) is 1.96. The van der Waals surface area contributed by atoms with E-state index in [0.717, 1.165) is 6.42 Å². The Morgan fingerprint density at radius 2 is 2.11 bits per heavy atom. The molecule has 9 heavy (non-hydrogen) atoms. The average Bonchev–Trinajstić information content (AvgIpc) is 2.47. The van der Waals surface area contributed by atoms with E-state index in [1.165, 1.54) is 0 Å². The molecule has 1 aliphatic carbocycles. The Balaban J connectivity index is 2.41. The highest BCUT2D eigenvalue weighted by molar-refractivity contribution is 4.98. The summed E-state index contributed by atoms with van der Waals surface area (Å²) in [6.07, 6.45) is 1.09. The van der Waals surface area contributed by atoms with Crippen LogP contribution in [0.5, 0.6) is 0 Å². The summed E-state index contributed by atoms with van der Waals surface area (Å²) in [5.74, 6) is 0.558. The zero-order valence-electron chi connectivity index (χ0n) is 6.09. The van der Waals surface area contributed by atoms with Gasteiger partial charge in [0.2, 0.25) is 0 Å². The van der Waals surface area contributed by atoms with Gasteiger partial charge in [-0.1, -0.05) is 13.8 Å². The van der Waals surface area contributed by atoms with Crippen molar-refractivity contribution in [2.24, 2.45) is 17.1 Å². The first-order chi connectivity index (χ1) is 4.08. The van der Waals surface area contributed by atoms with Crippen LogP contribution in [0.15, 0.2) is 0 Å². The third-order valence-corrected chi connectivity index (χ3v) is 2.25. The molecule has 3 N–H and O–H groups in total. The van der Waals surface area contributed by atoms with Gasteiger partial charge in [-0.15, -0.1) is 0 Å². The average molecular weight is 129 g/mol. The van der Waals surface area contributed by atoms with E-state index < -0.39 is 0 Å². The first-order valence-corrected chi connectivity index (χ1v) is 3.44. The monoisotopic (exact) mass is 129 g/mol. The number of aliphatic hydroxyl groups is 1. The minimum Gasteiger partial charge on any atom is -0.396 e. The van der Waals surface area contributed by atoms with Crippen LogP contribution in [0.4, 0.5) is 0 Å². The maximum atomic E-state index is 8.87. The van der Waals surface area contributed by atoms with E-state index in [-0.39, 0.29) is 12.0 Å². The molecule has 1 aliphatic rings. The number of hydrogen-bond donors (Lipinski definition) is 2. The van der Waals surface area contributed by atoms with Gasteiger partial charge in [0.25, 0.3) is 0 Å². The summed E-state index contributed by atoms with van der Waals surface area (Å²) in [5, 5.41) is 8.87. The summed E-state index contributed by atoms with van der Waals surface area (Å²) in [6.45, 7) is 4.38. The third-order valence-electron chi connectivity index (χ3n) is 2.25. The molecule has 1 rings (SSSR count). The summed E-state index contributed by atoms with van der Waals surface area (Å²) < 4.78 is 0. The molecule has 0 radical (unpaired) electrons. The van der Waals surface area contributed by atoms with Gasteiger partial charge < -0.3 is 10.8 Å². The van der Waals surface area contributed by atoms with E-state index in [9.17, 15) is 0 Å². The Bertz CT molecular complexity index is 111. The lowest BCUT2D eigenvalue weighted by atomic mass is 9.88. The Morgan fingerprint density at radius 3 is 2.22 bits per heavy atom. The number of nitrogens with two attached hydrogens (primary N) is 1. The van der Waals surface area contributed by atoms with Gasteiger partial charge in [0.05, 0.1) is 0 Å². The lowest BCUT2D eigenvalue weighted by molar-refractivity contribution is 0.136. The van der Waals surface area contributed by atoms with Crippen LogP contribution in [0.25, 0.3) is 0 Å². The highest BCUT2D eigenvalue weighted by atomic mass is 16.3. The molecule has 0 aromatic rings. The van der Waals surface area contributed by atoms with E-state index in [1.54, 1.807) is 0 Å². The molecule has 54 valence electrons. The predicted molar refractivity (Wildman–Crippen MR) is 36.9 cm³/mol. The summed E-state index contributed by atoms with van der Waals surface area (Å²) in [6, 6.07) is 0.354. The van der Waals surface area contributed by atoms with Crippen LogP contribution in [0, 0.1) is 11.3 Å². The van der Waals surface area contributed by atoms with Gasteiger partial charge in [-0.05, 0) is 17.8 Å². The van der Waals surface area contributed by atoms with Gasteiger partial charge >= 0.3 is 0 Å². The van der Waals surface area contributed by atoms with Crippen molar-refractivity contribution in [2.75, 3.05) is 6.61 Å². The summed E-state index contributed by atoms with van der Waals surface area (Å²) >= 11 is 0. The van der Waals surface area contributed by atoms with Gasteiger partial charge in [0.15, 0.2) is 0 Å². The van der Waals surface area contributed by atoms with Crippen molar-refractivity contribution in [2.45, 2.75) is 26.3 Å². The van der Waals surface area contributed by atoms with Crippen LogP contribution in [0.1, 0.15) is 20.3 Å². The third kappa shape index (κ3) is 1.25. The fourth-order valence-corrected chi connectivity index (χ4v) is 1.23. The van der Waals surface area contributed by atoms with Gasteiger partial charge in [0, 0.05) is 12.6 Å². The Kier molecular flexibility index (Phi) is 1.53. The van der Waals surface area contributed by atoms with E-state index >= 15 is 0 Å². The van der Waals surface area contributed by atoms with Crippen LogP contribution < -0.4 is 5.73 Å². The van der Waals surface area contributed by atoms with Crippen LogP contribution in [-0.2, 0) is 0 Å². The van der Waals surface area contributed by atoms with Crippen molar-refractivity contribution in [3.8, 4) is 0 Å². The van der Waals surface area contributed by atoms with Crippen LogP contribution in [-0.4, -0.2) is 17.8 Å². The number of aliphatic hydroxyl groups excluding tert-OH is 1. The molecule has 0 aliphatic heterocycles. The smallest absolute Gasteiger partial charge is 0.0485 e. The van der Waals surface area contributed by atoms with Gasteiger partial charge in [-0.25, -0.2) is 0 Å². The largest absolute Gasteiger partial charge is 0.396 e. The fraction of sp³-hybridized carbons (Fsp3) is 1.00. The SMILES string of the molecule is CC(C)(CO)C1CC1N. The van der Waals surface area contributed by atoms with Gasteiger partial charge in [0.1, 0.15) is 0 Å². The molecule has 2 unspecified atom stereocenters. The first kappa shape index (κ1) is 7.03. The van der Waals surface area contributed by atoms with Crippen molar-refractivity contribution in [3.63, 3.8) is 0 Å². The quantitative estimate of drug-likeness (QED) is 0.565. The minimum absolute atomic E-state index is 0.0550. The fourth-order valence-electron chi connectivity index (χ4n) is 1.23. The van der Waals surface area contributed by atoms with E-state index in [1.807, 2.05) is 0 Å². The molecule has 2 heteroatoms. The summed E-state index contributed by atoms with van der Waals surface area (Å²) in [4.78, 5) is 0. The zero-order valence-corrected chi connectivity index (χ0v) is 6.09. The Hall–Kier alpha value is -0.0800. The molecule has 1 fully saturated rings. The highest BCUT2D eigenvalue weighted by Crippen LogP contribution is 2.43. The molecule has 0 aromatic carbocycles. The molecule has 2 atom stereocenters. The molecule has 0 saturated heterocycles. The Morgan fingerprint density at radius 1 is 1.67 bits per heavy atom. The number of rotatable bonds is 2. The molecule has 0 spiro atoms. The maximum Gasteiger partial charge on any atom is 0.0485 e. The van der Waals surface area contributed by atoms with Crippen molar-refractivity contribution >= 4 is 0 Å². The number of hydrogen-bond acceptors (Lipinski definition) is 2. The molecule has 1 saturated carbocycles. The highest BCUT2D eigenvalue weighted by Gasteiger charge is 2.44. The maximum absolute atomic E-state index is 8.87. The molecule has 0 heterocycles. The lowest BCUT2D eigenvalue weighted by Crippen LogP contribution is -2.23. The predicted octanol–water partition coefficient (Wildman–Crippen LogP) is 0.352. The Labute approximate surface area is 56.1 Å². The molecular formula is C7H15NO. The van der Waals surface area contributed by atoms with Crippen molar-refractivity contribution < 1.29 is 5.11 Å². The molecule has 2 nitrogen and oxygen atoms in total. The summed E-state index contributed by atoms with van der Waals surface area (Å²) in [5.41, 5.74) is 5.67. The minimum atomic E-state index is 0.0550. The first-order valence-electron chi connectivity index (χ1n) is 3.44. The summed E-state index contributed by atoms with van der Waals surface area (Å²) in [7, 11) is 0. The van der Waals surface area contributed by atoms with Crippen molar-refractivity contribution in [1.29, 1.82) is 0 Å². The van der Waals surface area contributed by atoms with Crippen LogP contribution in [0.3, 0.4) is 0 Å². The topological polar surface area (TPSA) is 46.2 Å². The molecular weight excluding hydrogens is 114 g/mol. The molecule has 0 amide bonds. The van der Waals surface area contributed by atoms with Crippen LogP contribution in [0.2, 0.25) is 0 Å². The molecule has 0 aromatic heterocycles. The normalized spacial score (nSPS) is 34.7. The second-order valence-electron chi connectivity index (χ2n) is 3.65. The van der Waals surface area contributed by atoms with Crippen molar-refractivity contribution in [3.05, 3.63) is 0 Å². The van der Waals surface area contributed by atoms with E-state index in [0.29, 0.717) is 12.0 Å². The van der Waals surface area contributed by atoms with Gasteiger partial charge in [-0.3, -0.25) is 0 Å².